The summed E-state index contributed by atoms with van der Waals surface area (Å²) in [5.74, 6) is -1.13. The van der Waals surface area contributed by atoms with Gasteiger partial charge in [-0.3, -0.25) is 4.79 Å². The molecule has 0 bridgehead atoms. The van der Waals surface area contributed by atoms with E-state index in [1.54, 1.807) is 6.07 Å². The van der Waals surface area contributed by atoms with Gasteiger partial charge in [-0.2, -0.15) is 0 Å². The number of fused-ring (bicyclic) bond motifs is 1. The number of carboxylic acid groups (broad SMARTS) is 1. The average Bonchev–Trinajstić information content (AvgIpc) is 2.46. The minimum atomic E-state index is -0.832. The van der Waals surface area contributed by atoms with Crippen LogP contribution >= 0.6 is 11.8 Å². The molecule has 2 nitrogen and oxygen atoms in total. The van der Waals surface area contributed by atoms with Crippen LogP contribution in [-0.2, 0) is 11.2 Å². The number of carbonyl (C=O) groups is 1. The molecule has 2 rings (SSSR count). The molecule has 1 aromatic rings. The third kappa shape index (κ3) is 1.54. The van der Waals surface area contributed by atoms with Gasteiger partial charge in [0, 0.05) is 4.90 Å². The van der Waals surface area contributed by atoms with Gasteiger partial charge in [0.05, 0.1) is 0 Å². The summed E-state index contributed by atoms with van der Waals surface area (Å²) in [5.41, 5.74) is 0.803. The summed E-state index contributed by atoms with van der Waals surface area (Å²) < 4.78 is 12.7. The summed E-state index contributed by atoms with van der Waals surface area (Å²) in [5, 5.41) is 8.29. The number of carboxylic acids is 1. The van der Waals surface area contributed by atoms with Gasteiger partial charge in [-0.1, -0.05) is 0 Å². The van der Waals surface area contributed by atoms with Crippen LogP contribution in [0, 0.1) is 5.82 Å². The number of halogens is 1. The number of benzene rings is 1. The Morgan fingerprint density at radius 3 is 3.08 bits per heavy atom. The topological polar surface area (TPSA) is 37.3 Å². The second-order valence-corrected chi connectivity index (χ2v) is 4.15. The van der Waals surface area contributed by atoms with E-state index in [4.69, 9.17) is 5.11 Å². The van der Waals surface area contributed by atoms with Crippen LogP contribution in [0.3, 0.4) is 0 Å². The standard InChI is InChI=1S/C9H7FO2S/c10-6-1-2-7-5(3-6)4-8(13-7)9(11)12/h1-3,8H,4H2,(H,11,12). The molecule has 4 heteroatoms. The largest absolute Gasteiger partial charge is 0.480 e. The monoisotopic (exact) mass is 198 g/mol. The van der Waals surface area contributed by atoms with Gasteiger partial charge in [0.2, 0.25) is 0 Å². The van der Waals surface area contributed by atoms with Crippen LogP contribution in [0.25, 0.3) is 0 Å². The summed E-state index contributed by atoms with van der Waals surface area (Å²) in [6, 6.07) is 4.40. The Kier molecular flexibility index (Phi) is 2.00. The Morgan fingerprint density at radius 2 is 2.38 bits per heavy atom. The SMILES string of the molecule is O=C(O)C1Cc2cc(F)ccc2S1. The van der Waals surface area contributed by atoms with Crippen LogP contribution in [0.4, 0.5) is 4.39 Å². The summed E-state index contributed by atoms with van der Waals surface area (Å²) in [6.07, 6.45) is 0.424. The maximum absolute atomic E-state index is 12.7. The summed E-state index contributed by atoms with van der Waals surface area (Å²) >= 11 is 1.29. The summed E-state index contributed by atoms with van der Waals surface area (Å²) in [4.78, 5) is 11.5. The van der Waals surface area contributed by atoms with Gasteiger partial charge in [-0.05, 0) is 30.2 Å². The molecule has 0 aromatic heterocycles. The van der Waals surface area contributed by atoms with E-state index in [0.717, 1.165) is 10.5 Å². The van der Waals surface area contributed by atoms with Crippen molar-refractivity contribution in [2.75, 3.05) is 0 Å². The van der Waals surface area contributed by atoms with Crippen LogP contribution in [0.15, 0.2) is 23.1 Å². The lowest BCUT2D eigenvalue weighted by atomic mass is 10.1. The molecule has 0 aliphatic carbocycles. The van der Waals surface area contributed by atoms with E-state index in [1.807, 2.05) is 0 Å². The third-order valence-electron chi connectivity index (χ3n) is 1.97. The van der Waals surface area contributed by atoms with Crippen molar-refractivity contribution in [1.82, 2.24) is 0 Å². The molecule has 1 heterocycles. The average molecular weight is 198 g/mol. The first-order valence-corrected chi connectivity index (χ1v) is 4.72. The maximum Gasteiger partial charge on any atom is 0.317 e. The molecule has 1 aliphatic rings. The molecule has 68 valence electrons. The first-order chi connectivity index (χ1) is 6.16. The highest BCUT2D eigenvalue weighted by Gasteiger charge is 2.27. The molecule has 0 fully saturated rings. The van der Waals surface area contributed by atoms with Gasteiger partial charge in [0.1, 0.15) is 11.1 Å². The van der Waals surface area contributed by atoms with Crippen LogP contribution in [0.5, 0.6) is 0 Å². The lowest BCUT2D eigenvalue weighted by molar-refractivity contribution is -0.136. The van der Waals surface area contributed by atoms with E-state index in [2.05, 4.69) is 0 Å². The third-order valence-corrected chi connectivity index (χ3v) is 3.28. The molecule has 13 heavy (non-hydrogen) atoms. The van der Waals surface area contributed by atoms with Crippen molar-refractivity contribution in [2.45, 2.75) is 16.6 Å². The molecular weight excluding hydrogens is 191 g/mol. The van der Waals surface area contributed by atoms with E-state index in [0.29, 0.717) is 6.42 Å². The van der Waals surface area contributed by atoms with Gasteiger partial charge in [0.25, 0.3) is 0 Å². The van der Waals surface area contributed by atoms with E-state index in [-0.39, 0.29) is 5.82 Å². The van der Waals surface area contributed by atoms with Crippen molar-refractivity contribution in [3.05, 3.63) is 29.6 Å². The van der Waals surface area contributed by atoms with Crippen molar-refractivity contribution >= 4 is 17.7 Å². The predicted octanol–water partition coefficient (Wildman–Crippen LogP) is 1.93. The fourth-order valence-electron chi connectivity index (χ4n) is 1.35. The fourth-order valence-corrected chi connectivity index (χ4v) is 2.47. The van der Waals surface area contributed by atoms with Crippen molar-refractivity contribution in [2.24, 2.45) is 0 Å². The van der Waals surface area contributed by atoms with Crippen LogP contribution in [0.1, 0.15) is 5.56 Å². The lowest BCUT2D eigenvalue weighted by Gasteiger charge is -1.97. The predicted molar refractivity (Wildman–Crippen MR) is 47.4 cm³/mol. The highest BCUT2D eigenvalue weighted by atomic mass is 32.2. The fraction of sp³-hybridized carbons (Fsp3) is 0.222. The van der Waals surface area contributed by atoms with Gasteiger partial charge >= 0.3 is 5.97 Å². The number of rotatable bonds is 1. The molecular formula is C9H7FO2S. The van der Waals surface area contributed by atoms with Crippen molar-refractivity contribution in [1.29, 1.82) is 0 Å². The zero-order valence-electron chi connectivity index (χ0n) is 6.66. The molecule has 0 saturated carbocycles. The zero-order valence-corrected chi connectivity index (χ0v) is 7.47. The van der Waals surface area contributed by atoms with Crippen LogP contribution in [0.2, 0.25) is 0 Å². The molecule has 1 atom stereocenters. The zero-order chi connectivity index (χ0) is 9.42. The highest BCUT2D eigenvalue weighted by Crippen LogP contribution is 2.37. The quantitative estimate of drug-likeness (QED) is 0.749. The van der Waals surface area contributed by atoms with Gasteiger partial charge in [0.15, 0.2) is 0 Å². The molecule has 1 aliphatic heterocycles. The minimum absolute atomic E-state index is 0.301. The molecule has 1 unspecified atom stereocenters. The van der Waals surface area contributed by atoms with Crippen molar-refractivity contribution in [3.63, 3.8) is 0 Å². The van der Waals surface area contributed by atoms with Crippen molar-refractivity contribution < 1.29 is 14.3 Å². The number of aliphatic carboxylic acids is 1. The lowest BCUT2D eigenvalue weighted by Crippen LogP contribution is -2.14. The van der Waals surface area contributed by atoms with Crippen LogP contribution in [-0.4, -0.2) is 16.3 Å². The van der Waals surface area contributed by atoms with E-state index in [1.165, 1.54) is 23.9 Å². The van der Waals surface area contributed by atoms with Gasteiger partial charge < -0.3 is 5.11 Å². The van der Waals surface area contributed by atoms with Crippen molar-refractivity contribution in [3.8, 4) is 0 Å². The Hall–Kier alpha value is -1.03. The molecule has 0 spiro atoms. The number of thioether (sulfide) groups is 1. The Balaban J connectivity index is 2.30. The second-order valence-electron chi connectivity index (χ2n) is 2.90. The molecule has 0 saturated heterocycles. The molecule has 0 amide bonds. The minimum Gasteiger partial charge on any atom is -0.480 e. The Bertz CT molecular complexity index is 365. The highest BCUT2D eigenvalue weighted by molar-refractivity contribution is 8.01. The van der Waals surface area contributed by atoms with E-state index >= 15 is 0 Å². The second kappa shape index (κ2) is 3.03. The normalized spacial score (nSPS) is 19.9. The summed E-state index contributed by atoms with van der Waals surface area (Å²) in [7, 11) is 0. The van der Waals surface area contributed by atoms with Crippen LogP contribution < -0.4 is 0 Å². The Morgan fingerprint density at radius 1 is 1.62 bits per heavy atom. The van der Waals surface area contributed by atoms with Gasteiger partial charge in [-0.25, -0.2) is 4.39 Å². The van der Waals surface area contributed by atoms with Gasteiger partial charge in [-0.15, -0.1) is 11.8 Å². The first-order valence-electron chi connectivity index (χ1n) is 3.85. The molecule has 1 aromatic carbocycles. The molecule has 0 radical (unpaired) electrons. The van der Waals surface area contributed by atoms with E-state index < -0.39 is 11.2 Å². The first kappa shape index (κ1) is 8.56. The number of hydrogen-bond donors (Lipinski definition) is 1. The Labute approximate surface area is 78.8 Å². The maximum atomic E-state index is 12.7. The smallest absolute Gasteiger partial charge is 0.317 e. The summed E-state index contributed by atoms with van der Waals surface area (Å²) in [6.45, 7) is 0. The molecule has 1 N–H and O–H groups in total. The number of hydrogen-bond acceptors (Lipinski definition) is 2. The van der Waals surface area contributed by atoms with E-state index in [9.17, 15) is 9.18 Å².